The Kier molecular flexibility index (Phi) is 17.1. The molecular formula is C25H47NO5. The van der Waals surface area contributed by atoms with Gasteiger partial charge in [-0.2, -0.15) is 0 Å². The van der Waals surface area contributed by atoms with Gasteiger partial charge >= 0.3 is 11.9 Å². The topological polar surface area (TPSA) is 92.7 Å². The van der Waals surface area contributed by atoms with E-state index in [9.17, 15) is 14.4 Å². The number of carboxylic acid groups (broad SMARTS) is 1. The second-order valence-electron chi connectivity index (χ2n) is 9.58. The lowest BCUT2D eigenvalue weighted by molar-refractivity contribution is -0.159. The van der Waals surface area contributed by atoms with E-state index in [1.807, 2.05) is 0 Å². The Bertz CT molecular complexity index is 499. The van der Waals surface area contributed by atoms with Gasteiger partial charge < -0.3 is 15.2 Å². The van der Waals surface area contributed by atoms with E-state index >= 15 is 0 Å². The third kappa shape index (κ3) is 20.1. The summed E-state index contributed by atoms with van der Waals surface area (Å²) in [4.78, 5) is 35.3. The predicted octanol–water partition coefficient (Wildman–Crippen LogP) is 6.16. The highest BCUT2D eigenvalue weighted by Crippen LogP contribution is 2.14. The van der Waals surface area contributed by atoms with Gasteiger partial charge in [0.15, 0.2) is 0 Å². The molecule has 1 atom stereocenters. The predicted molar refractivity (Wildman–Crippen MR) is 125 cm³/mol. The maximum absolute atomic E-state index is 12.3. The number of hydrogen-bond donors (Lipinski definition) is 2. The molecule has 0 aliphatic rings. The Morgan fingerprint density at radius 3 is 1.77 bits per heavy atom. The molecule has 0 saturated heterocycles. The van der Waals surface area contributed by atoms with Gasteiger partial charge in [0.1, 0.15) is 11.6 Å². The largest absolute Gasteiger partial charge is 0.481 e. The third-order valence-electron chi connectivity index (χ3n) is 5.18. The van der Waals surface area contributed by atoms with E-state index in [1.54, 1.807) is 20.8 Å². The van der Waals surface area contributed by atoms with Crippen molar-refractivity contribution in [1.29, 1.82) is 0 Å². The zero-order valence-corrected chi connectivity index (χ0v) is 20.5. The average Bonchev–Trinajstić information content (AvgIpc) is 2.67. The molecule has 0 saturated carbocycles. The van der Waals surface area contributed by atoms with Gasteiger partial charge in [0.05, 0.1) is 0 Å². The zero-order chi connectivity index (χ0) is 23.5. The van der Waals surface area contributed by atoms with Crippen molar-refractivity contribution in [2.45, 2.75) is 142 Å². The molecule has 182 valence electrons. The van der Waals surface area contributed by atoms with Crippen molar-refractivity contribution in [2.24, 2.45) is 0 Å². The standard InChI is InChI=1S/C25H47NO5/c1-5-6-7-8-9-10-11-12-13-14-15-16-17-18-22(27)26-21(19-20-23(28)29)24(30)31-25(2,3)4/h21H,5-20H2,1-4H3,(H,26,27)(H,28,29)/i19+2,20+2,21+2,23+2,24+2. The number of carbonyl (C=O) groups is 3. The number of rotatable bonds is 19. The summed E-state index contributed by atoms with van der Waals surface area (Å²) >= 11 is 0. The molecule has 0 spiro atoms. The first-order valence-electron chi connectivity index (χ1n) is 12.4. The Balaban J connectivity index is 3.89. The summed E-state index contributed by atoms with van der Waals surface area (Å²) < 4.78 is 5.31. The van der Waals surface area contributed by atoms with Crippen LogP contribution in [0.1, 0.15) is 130 Å². The monoisotopic (exact) mass is 451 g/mol. The Labute approximate surface area is 189 Å². The van der Waals surface area contributed by atoms with Crippen LogP contribution < -0.4 is 5.32 Å². The lowest BCUT2D eigenvalue weighted by Crippen LogP contribution is -2.44. The fourth-order valence-electron chi connectivity index (χ4n) is 3.46. The summed E-state index contributed by atoms with van der Waals surface area (Å²) in [5, 5.41) is 11.5. The van der Waals surface area contributed by atoms with Gasteiger partial charge in [-0.25, -0.2) is 4.79 Å². The molecule has 0 aliphatic carbocycles. The lowest BCUT2D eigenvalue weighted by Gasteiger charge is -2.24. The maximum Gasteiger partial charge on any atom is 0.329 e. The smallest absolute Gasteiger partial charge is 0.329 e. The fourth-order valence-corrected chi connectivity index (χ4v) is 3.46. The summed E-state index contributed by atoms with van der Waals surface area (Å²) in [5.41, 5.74) is -0.682. The van der Waals surface area contributed by atoms with E-state index in [0.717, 1.165) is 19.3 Å². The summed E-state index contributed by atoms with van der Waals surface area (Å²) in [6.07, 6.45) is 16.3. The van der Waals surface area contributed by atoms with E-state index < -0.39 is 23.6 Å². The van der Waals surface area contributed by atoms with Crippen LogP contribution in [0, 0.1) is 0 Å². The first-order chi connectivity index (χ1) is 14.7. The number of carbonyl (C=O) groups excluding carboxylic acids is 2. The van der Waals surface area contributed by atoms with Crippen LogP contribution >= 0.6 is 0 Å². The van der Waals surface area contributed by atoms with Crippen molar-refractivity contribution in [3.05, 3.63) is 0 Å². The van der Waals surface area contributed by atoms with E-state index in [4.69, 9.17) is 9.84 Å². The molecule has 31 heavy (non-hydrogen) atoms. The second-order valence-corrected chi connectivity index (χ2v) is 9.58. The number of unbranched alkanes of at least 4 members (excludes halogenated alkanes) is 12. The molecule has 0 aromatic heterocycles. The van der Waals surface area contributed by atoms with Crippen molar-refractivity contribution >= 4 is 17.8 Å². The molecular weight excluding hydrogens is 404 g/mol. The minimum Gasteiger partial charge on any atom is -0.481 e. The fraction of sp³-hybridized carbons (Fsp3) is 0.880. The van der Waals surface area contributed by atoms with Crippen LogP contribution in [-0.4, -0.2) is 34.6 Å². The van der Waals surface area contributed by atoms with E-state index in [2.05, 4.69) is 12.2 Å². The molecule has 0 radical (unpaired) electrons. The zero-order valence-electron chi connectivity index (χ0n) is 20.5. The normalized spacial score (nSPS) is 12.4. The van der Waals surface area contributed by atoms with Gasteiger partial charge in [-0.3, -0.25) is 9.59 Å². The van der Waals surface area contributed by atoms with Crippen LogP contribution in [0.3, 0.4) is 0 Å². The van der Waals surface area contributed by atoms with Crippen LogP contribution in [0.15, 0.2) is 0 Å². The van der Waals surface area contributed by atoms with Crippen LogP contribution in [0.4, 0.5) is 0 Å². The Hall–Kier alpha value is -1.59. The molecule has 1 unspecified atom stereocenters. The molecule has 0 fully saturated rings. The highest BCUT2D eigenvalue weighted by Gasteiger charge is 2.27. The van der Waals surface area contributed by atoms with Crippen molar-refractivity contribution < 1.29 is 24.2 Å². The SMILES string of the molecule is CCCCCCCCCCCCCCCC(=O)N[14CH]([14CH2][14CH2][14C](=O)O)[14C](=O)OC(C)(C)C. The van der Waals surface area contributed by atoms with Gasteiger partial charge in [-0.1, -0.05) is 84.0 Å². The molecule has 0 rings (SSSR count). The van der Waals surface area contributed by atoms with E-state index in [1.165, 1.54) is 64.2 Å². The van der Waals surface area contributed by atoms with Crippen molar-refractivity contribution in [3.63, 3.8) is 0 Å². The van der Waals surface area contributed by atoms with Gasteiger partial charge in [0.25, 0.3) is 0 Å². The number of amides is 1. The van der Waals surface area contributed by atoms with Crippen LogP contribution in [0.25, 0.3) is 0 Å². The summed E-state index contributed by atoms with van der Waals surface area (Å²) in [6, 6.07) is -0.912. The molecule has 0 bridgehead atoms. The molecule has 0 heterocycles. The first-order valence-corrected chi connectivity index (χ1v) is 12.4. The van der Waals surface area contributed by atoms with Crippen molar-refractivity contribution in [1.82, 2.24) is 5.32 Å². The number of ether oxygens (including phenoxy) is 1. The van der Waals surface area contributed by atoms with Gasteiger partial charge in [0.2, 0.25) is 5.91 Å². The van der Waals surface area contributed by atoms with Gasteiger partial charge in [-0.15, -0.1) is 0 Å². The van der Waals surface area contributed by atoms with Crippen LogP contribution in [-0.2, 0) is 19.1 Å². The molecule has 0 aromatic rings. The molecule has 0 aliphatic heterocycles. The Morgan fingerprint density at radius 1 is 0.903 bits per heavy atom. The number of carboxylic acids is 1. The second kappa shape index (κ2) is 18.0. The summed E-state index contributed by atoms with van der Waals surface area (Å²) in [6.45, 7) is 7.48. The van der Waals surface area contributed by atoms with Gasteiger partial charge in [0, 0.05) is 12.8 Å². The van der Waals surface area contributed by atoms with E-state index in [-0.39, 0.29) is 18.7 Å². The molecule has 0 aromatic carbocycles. The molecule has 2 N–H and O–H groups in total. The number of esters is 1. The van der Waals surface area contributed by atoms with Crippen molar-refractivity contribution in [3.8, 4) is 0 Å². The van der Waals surface area contributed by atoms with Crippen molar-refractivity contribution in [2.75, 3.05) is 0 Å². The first kappa shape index (κ1) is 29.4. The molecule has 6 heteroatoms. The number of nitrogens with one attached hydrogen (secondary N) is 1. The lowest BCUT2D eigenvalue weighted by atomic mass is 10.0. The average molecular weight is 452 g/mol. The summed E-state index contributed by atoms with van der Waals surface area (Å²) in [5.74, 6) is -1.80. The number of hydrogen-bond acceptors (Lipinski definition) is 4. The Morgan fingerprint density at radius 2 is 1.35 bits per heavy atom. The summed E-state index contributed by atoms with van der Waals surface area (Å²) in [7, 11) is 0. The highest BCUT2D eigenvalue weighted by molar-refractivity contribution is 5.85. The molecule has 1 amide bonds. The van der Waals surface area contributed by atoms with E-state index in [0.29, 0.717) is 6.42 Å². The maximum atomic E-state index is 12.3. The minimum absolute atomic E-state index is 0.0363. The molecule has 6 nitrogen and oxygen atoms in total. The van der Waals surface area contributed by atoms with Crippen LogP contribution in [0.2, 0.25) is 0 Å². The highest BCUT2D eigenvalue weighted by atomic mass is 16.8. The third-order valence-corrected chi connectivity index (χ3v) is 5.18. The minimum atomic E-state index is -1.00. The number of aliphatic carboxylic acids is 1. The van der Waals surface area contributed by atoms with Crippen LogP contribution in [0.5, 0.6) is 0 Å². The quantitative estimate of drug-likeness (QED) is 0.181. The van der Waals surface area contributed by atoms with Gasteiger partial charge in [-0.05, 0) is 33.6 Å².